The molecule has 1 aliphatic heterocycles. The average Bonchev–Trinajstić information content (AvgIpc) is 3.70. The van der Waals surface area contributed by atoms with Gasteiger partial charge in [0.15, 0.2) is 5.78 Å². The quantitative estimate of drug-likeness (QED) is 0.343. The third-order valence-corrected chi connectivity index (χ3v) is 7.18. The highest BCUT2D eigenvalue weighted by atomic mass is 16.5. The molecule has 2 aliphatic rings. The minimum atomic E-state index is -0.159. The van der Waals surface area contributed by atoms with Crippen LogP contribution in [0, 0.1) is 12.8 Å². The van der Waals surface area contributed by atoms with Crippen molar-refractivity contribution < 1.29 is 14.3 Å². The first-order valence-electron chi connectivity index (χ1n) is 13.0. The number of hydrogen-bond donors (Lipinski definition) is 1. The van der Waals surface area contributed by atoms with Crippen molar-refractivity contribution in [2.24, 2.45) is 5.92 Å². The molecule has 2 aromatic rings. The Balaban J connectivity index is 1.50. The molecule has 4 nitrogen and oxygen atoms in total. The van der Waals surface area contributed by atoms with E-state index < -0.39 is 0 Å². The molecule has 4 rings (SSSR count). The van der Waals surface area contributed by atoms with Crippen LogP contribution in [-0.4, -0.2) is 11.7 Å². The number of carbonyl (C=O) groups is 2. The van der Waals surface area contributed by atoms with Crippen molar-refractivity contribution in [1.29, 1.82) is 0 Å². The van der Waals surface area contributed by atoms with Gasteiger partial charge < -0.3 is 10.1 Å². The van der Waals surface area contributed by atoms with Gasteiger partial charge in [0, 0.05) is 23.6 Å². The molecule has 4 heteroatoms. The Morgan fingerprint density at radius 1 is 1.11 bits per heavy atom. The van der Waals surface area contributed by atoms with E-state index in [0.29, 0.717) is 29.4 Å². The van der Waals surface area contributed by atoms with Crippen LogP contribution in [0.3, 0.4) is 0 Å². The van der Waals surface area contributed by atoms with Crippen LogP contribution >= 0.6 is 0 Å². The Bertz CT molecular complexity index is 1140. The van der Waals surface area contributed by atoms with Crippen LogP contribution in [0.2, 0.25) is 0 Å². The van der Waals surface area contributed by atoms with Crippen LogP contribution in [0.1, 0.15) is 91.8 Å². The lowest BCUT2D eigenvalue weighted by Gasteiger charge is -2.22. The van der Waals surface area contributed by atoms with Gasteiger partial charge in [-0.1, -0.05) is 49.7 Å². The highest BCUT2D eigenvalue weighted by Crippen LogP contribution is 2.39. The van der Waals surface area contributed by atoms with Gasteiger partial charge in [-0.2, -0.15) is 0 Å². The third-order valence-electron chi connectivity index (χ3n) is 7.18. The highest BCUT2D eigenvalue weighted by Gasteiger charge is 2.29. The summed E-state index contributed by atoms with van der Waals surface area (Å²) < 4.78 is 5.74. The lowest BCUT2D eigenvalue weighted by atomic mass is 9.86. The van der Waals surface area contributed by atoms with E-state index in [1.165, 1.54) is 24.0 Å². The fourth-order valence-corrected chi connectivity index (χ4v) is 4.90. The minimum absolute atomic E-state index is 0.00383. The molecule has 1 N–H and O–H groups in total. The normalized spacial score (nSPS) is 16.1. The zero-order valence-corrected chi connectivity index (χ0v) is 21.2. The van der Waals surface area contributed by atoms with E-state index in [2.05, 4.69) is 43.4 Å². The molecule has 1 aliphatic carbocycles. The number of rotatable bonds is 11. The molecule has 184 valence electrons. The Hall–Kier alpha value is -3.14. The van der Waals surface area contributed by atoms with Gasteiger partial charge in [-0.25, -0.2) is 0 Å². The van der Waals surface area contributed by atoms with Crippen LogP contribution in [0.25, 0.3) is 0 Å². The molecule has 1 saturated carbocycles. The van der Waals surface area contributed by atoms with Crippen molar-refractivity contribution in [3.63, 3.8) is 0 Å². The summed E-state index contributed by atoms with van der Waals surface area (Å²) in [7, 11) is 0. The minimum Gasteiger partial charge on any atom is -0.469 e. The molecule has 0 bridgehead atoms. The van der Waals surface area contributed by atoms with Crippen LogP contribution in [0.4, 0.5) is 5.69 Å². The summed E-state index contributed by atoms with van der Waals surface area (Å²) in [6.07, 6.45) is 11.8. The smallest absolute Gasteiger partial charge is 0.255 e. The summed E-state index contributed by atoms with van der Waals surface area (Å²) in [5, 5.41) is 3.12. The lowest BCUT2D eigenvalue weighted by Crippen LogP contribution is -2.18. The zero-order valence-electron chi connectivity index (χ0n) is 21.2. The Kier molecular flexibility index (Phi) is 8.22. The summed E-state index contributed by atoms with van der Waals surface area (Å²) in [6.45, 7) is 5.93. The molecular formula is C31H37NO3. The number of ketones is 1. The fraction of sp³-hybridized carbons (Fsp3) is 0.419. The Morgan fingerprint density at radius 2 is 1.91 bits per heavy atom. The second-order valence-corrected chi connectivity index (χ2v) is 9.96. The molecule has 1 amide bonds. The first kappa shape index (κ1) is 25.0. The lowest BCUT2D eigenvalue weighted by molar-refractivity contribution is -0.113. The number of amides is 1. The molecule has 1 unspecified atom stereocenters. The molecule has 2 aromatic carbocycles. The number of aryl methyl sites for hydroxylation is 2. The summed E-state index contributed by atoms with van der Waals surface area (Å²) in [5.74, 6) is 1.68. The van der Waals surface area contributed by atoms with E-state index >= 15 is 0 Å². The molecule has 1 fully saturated rings. The number of benzene rings is 2. The van der Waals surface area contributed by atoms with E-state index in [9.17, 15) is 9.59 Å². The maximum absolute atomic E-state index is 13.1. The number of anilines is 1. The first-order valence-corrected chi connectivity index (χ1v) is 13.0. The van der Waals surface area contributed by atoms with Crippen molar-refractivity contribution in [3.8, 4) is 0 Å². The monoisotopic (exact) mass is 471 g/mol. The topological polar surface area (TPSA) is 55.4 Å². The summed E-state index contributed by atoms with van der Waals surface area (Å²) >= 11 is 0. The molecule has 0 spiro atoms. The van der Waals surface area contributed by atoms with Gasteiger partial charge in [0.25, 0.3) is 5.91 Å². The molecule has 0 saturated heterocycles. The van der Waals surface area contributed by atoms with E-state index in [4.69, 9.17) is 4.74 Å². The molecule has 35 heavy (non-hydrogen) atoms. The maximum atomic E-state index is 13.1. The standard InChI is InChI=1S/C31H37NO3/c1-4-8-24(12-7-11-23-10-6-5-9-21(23)2)28-17-15-26(22(3)33)19-29(28)32-31(34)27-16-18-30(35-20-27)25-13-14-25/h5-6,9-10,15,17-20,24-25H,4,7-8,11-14,16H2,1-3H3,(H,32,34). The molecular weight excluding hydrogens is 434 g/mol. The van der Waals surface area contributed by atoms with Gasteiger partial charge in [-0.3, -0.25) is 9.59 Å². The maximum Gasteiger partial charge on any atom is 0.255 e. The highest BCUT2D eigenvalue weighted by molar-refractivity contribution is 6.05. The number of carbonyl (C=O) groups excluding carboxylic acids is 2. The number of ether oxygens (including phenoxy) is 1. The zero-order chi connectivity index (χ0) is 24.8. The summed E-state index contributed by atoms with van der Waals surface area (Å²) in [5.41, 5.74) is 5.81. The van der Waals surface area contributed by atoms with Crippen molar-refractivity contribution in [3.05, 3.63) is 88.4 Å². The largest absolute Gasteiger partial charge is 0.469 e. The van der Waals surface area contributed by atoms with Crippen LogP contribution in [0.15, 0.2) is 66.1 Å². The number of hydrogen-bond acceptors (Lipinski definition) is 3. The van der Waals surface area contributed by atoms with E-state index in [-0.39, 0.29) is 11.7 Å². The van der Waals surface area contributed by atoms with Crippen molar-refractivity contribution in [1.82, 2.24) is 0 Å². The molecule has 1 heterocycles. The fourth-order valence-electron chi connectivity index (χ4n) is 4.90. The summed E-state index contributed by atoms with van der Waals surface area (Å²) in [4.78, 5) is 25.2. The second-order valence-electron chi connectivity index (χ2n) is 9.96. The Labute approximate surface area is 209 Å². The van der Waals surface area contributed by atoms with Crippen LogP contribution in [-0.2, 0) is 16.0 Å². The van der Waals surface area contributed by atoms with Gasteiger partial charge in [-0.05, 0) is 87.1 Å². The first-order chi connectivity index (χ1) is 17.0. The average molecular weight is 472 g/mol. The van der Waals surface area contributed by atoms with Crippen LogP contribution in [0.5, 0.6) is 0 Å². The number of nitrogens with one attached hydrogen (secondary N) is 1. The predicted octanol–water partition coefficient (Wildman–Crippen LogP) is 7.64. The van der Waals surface area contributed by atoms with Crippen LogP contribution < -0.4 is 5.32 Å². The number of allylic oxidation sites excluding steroid dienone is 2. The second kappa shape index (κ2) is 11.5. The number of Topliss-reactive ketones (excluding diaryl/α,β-unsaturated/α-hetero) is 1. The van der Waals surface area contributed by atoms with E-state index in [1.807, 2.05) is 24.3 Å². The van der Waals surface area contributed by atoms with Gasteiger partial charge in [-0.15, -0.1) is 0 Å². The Morgan fingerprint density at radius 3 is 2.57 bits per heavy atom. The van der Waals surface area contributed by atoms with Gasteiger partial charge >= 0.3 is 0 Å². The van der Waals surface area contributed by atoms with Crippen molar-refractivity contribution >= 4 is 17.4 Å². The van der Waals surface area contributed by atoms with Gasteiger partial charge in [0.05, 0.1) is 11.8 Å². The van der Waals surface area contributed by atoms with Crippen molar-refractivity contribution in [2.75, 3.05) is 5.32 Å². The predicted molar refractivity (Wildman–Crippen MR) is 141 cm³/mol. The third kappa shape index (κ3) is 6.50. The van der Waals surface area contributed by atoms with E-state index in [0.717, 1.165) is 49.1 Å². The van der Waals surface area contributed by atoms with Gasteiger partial charge in [0.2, 0.25) is 0 Å². The molecule has 0 aromatic heterocycles. The molecule has 1 atom stereocenters. The summed E-state index contributed by atoms with van der Waals surface area (Å²) in [6, 6.07) is 14.3. The van der Waals surface area contributed by atoms with Crippen molar-refractivity contribution in [2.45, 2.75) is 78.1 Å². The van der Waals surface area contributed by atoms with E-state index in [1.54, 1.807) is 13.2 Å². The molecule has 0 radical (unpaired) electrons. The van der Waals surface area contributed by atoms with Gasteiger partial charge in [0.1, 0.15) is 5.76 Å². The SMILES string of the molecule is CCCC(CCCc1ccccc1C)c1ccc(C(C)=O)cc1NC(=O)C1=COC(C2CC2)=CC1.